The van der Waals surface area contributed by atoms with Gasteiger partial charge in [-0.05, 0) is 36.3 Å². The molecule has 0 spiro atoms. The van der Waals surface area contributed by atoms with E-state index in [2.05, 4.69) is 12.2 Å². The maximum Gasteiger partial charge on any atom is 0.244 e. The van der Waals surface area contributed by atoms with Crippen molar-refractivity contribution in [2.75, 3.05) is 6.54 Å². The summed E-state index contributed by atoms with van der Waals surface area (Å²) in [6.07, 6.45) is 8.37. The zero-order chi connectivity index (χ0) is 20.6. The molecule has 0 saturated heterocycles. The second kappa shape index (κ2) is 14.9. The minimum Gasteiger partial charge on any atom is -0.353 e. The smallest absolute Gasteiger partial charge is 0.244 e. The van der Waals surface area contributed by atoms with Crippen LogP contribution in [0.25, 0.3) is 0 Å². The number of nitrogens with one attached hydrogen (secondary N) is 1. The topological polar surface area (TPSA) is 66.5 Å². The van der Waals surface area contributed by atoms with E-state index in [9.17, 15) is 14.4 Å². The van der Waals surface area contributed by atoms with E-state index in [1.165, 1.54) is 43.0 Å². The van der Waals surface area contributed by atoms with Gasteiger partial charge in [-0.2, -0.15) is 0 Å². The highest BCUT2D eigenvalue weighted by atomic mass is 32.2. The molecule has 0 aliphatic carbocycles. The van der Waals surface area contributed by atoms with Crippen LogP contribution in [0.4, 0.5) is 0 Å². The Bertz CT molecular complexity index is 632. The van der Waals surface area contributed by atoms with Crippen molar-refractivity contribution in [3.63, 3.8) is 0 Å². The number of carbonyl (C=O) groups excluding carboxylic acids is 3. The first-order valence-corrected chi connectivity index (χ1v) is 10.8. The van der Waals surface area contributed by atoms with Crippen LogP contribution in [-0.4, -0.2) is 28.4 Å². The Kier molecular flexibility index (Phi) is 12.8. The Morgan fingerprint density at radius 1 is 1.04 bits per heavy atom. The number of ketones is 1. The molecule has 154 valence electrons. The Labute approximate surface area is 173 Å². The summed E-state index contributed by atoms with van der Waals surface area (Å²) in [5.41, 5.74) is 0.966. The molecule has 1 aromatic rings. The number of carbonyl (C=O) groups is 3. The third-order valence-corrected chi connectivity index (χ3v) is 4.93. The molecule has 0 aliphatic heterocycles. The molecule has 0 atom stereocenters. The zero-order valence-corrected chi connectivity index (χ0v) is 17.8. The summed E-state index contributed by atoms with van der Waals surface area (Å²) in [6.45, 7) is 4.63. The standard InChI is InChI=1S/C22H32N2O3S/c1-3-4-5-6-7-11-15-23-21(26)14-16-28-24(22(27)17-19(2)25)18-20-12-9-8-10-13-20/h8-10,12-14,16H,3-7,11,15,17-18H2,1-2H3,(H,23,26). The zero-order valence-electron chi connectivity index (χ0n) is 17.0. The van der Waals surface area contributed by atoms with Crippen molar-refractivity contribution >= 4 is 29.5 Å². The van der Waals surface area contributed by atoms with Crippen molar-refractivity contribution in [3.8, 4) is 0 Å². The minimum absolute atomic E-state index is 0.141. The van der Waals surface area contributed by atoms with Gasteiger partial charge >= 0.3 is 0 Å². The van der Waals surface area contributed by atoms with Crippen molar-refractivity contribution in [1.29, 1.82) is 0 Å². The van der Waals surface area contributed by atoms with Gasteiger partial charge in [0.2, 0.25) is 11.8 Å². The van der Waals surface area contributed by atoms with Gasteiger partial charge in [0, 0.05) is 12.6 Å². The third-order valence-electron chi connectivity index (χ3n) is 4.08. The number of hydrogen-bond acceptors (Lipinski definition) is 4. The Morgan fingerprint density at radius 2 is 1.71 bits per heavy atom. The second-order valence-electron chi connectivity index (χ2n) is 6.76. The van der Waals surface area contributed by atoms with Crippen molar-refractivity contribution in [2.45, 2.75) is 65.3 Å². The van der Waals surface area contributed by atoms with Crippen molar-refractivity contribution in [1.82, 2.24) is 9.62 Å². The lowest BCUT2D eigenvalue weighted by Crippen LogP contribution is -2.25. The Balaban J connectivity index is 2.42. The molecule has 28 heavy (non-hydrogen) atoms. The van der Waals surface area contributed by atoms with Gasteiger partial charge < -0.3 is 5.32 Å². The summed E-state index contributed by atoms with van der Waals surface area (Å²) >= 11 is 1.14. The van der Waals surface area contributed by atoms with Crippen LogP contribution in [-0.2, 0) is 20.9 Å². The summed E-state index contributed by atoms with van der Waals surface area (Å²) in [5, 5.41) is 4.46. The van der Waals surface area contributed by atoms with Gasteiger partial charge in [-0.25, -0.2) is 0 Å². The number of rotatable bonds is 14. The number of amides is 2. The van der Waals surface area contributed by atoms with Crippen LogP contribution in [0, 0.1) is 0 Å². The third kappa shape index (κ3) is 11.6. The number of nitrogens with zero attached hydrogens (tertiary/aromatic N) is 1. The molecule has 1 rings (SSSR count). The highest BCUT2D eigenvalue weighted by molar-refractivity contribution is 8.00. The van der Waals surface area contributed by atoms with Gasteiger partial charge in [-0.1, -0.05) is 69.4 Å². The summed E-state index contributed by atoms with van der Waals surface area (Å²) in [6, 6.07) is 9.56. The van der Waals surface area contributed by atoms with E-state index < -0.39 is 0 Å². The second-order valence-corrected chi connectivity index (χ2v) is 7.69. The highest BCUT2D eigenvalue weighted by Crippen LogP contribution is 2.18. The first-order valence-electron chi connectivity index (χ1n) is 9.97. The molecule has 0 aliphatic rings. The molecule has 6 heteroatoms. The van der Waals surface area contributed by atoms with E-state index >= 15 is 0 Å². The van der Waals surface area contributed by atoms with Crippen molar-refractivity contribution in [3.05, 3.63) is 47.4 Å². The molecule has 0 aromatic heterocycles. The number of benzene rings is 1. The van der Waals surface area contributed by atoms with Gasteiger partial charge in [0.1, 0.15) is 5.78 Å². The molecule has 0 radical (unpaired) electrons. The number of hydrogen-bond donors (Lipinski definition) is 1. The predicted octanol–water partition coefficient (Wildman–Crippen LogP) is 4.63. The fourth-order valence-electron chi connectivity index (χ4n) is 2.58. The molecule has 2 amide bonds. The minimum atomic E-state index is -0.265. The lowest BCUT2D eigenvalue weighted by molar-refractivity contribution is -0.131. The number of unbranched alkanes of at least 4 members (excludes halogenated alkanes) is 5. The molecule has 0 fully saturated rings. The van der Waals surface area contributed by atoms with Crippen LogP contribution in [0.3, 0.4) is 0 Å². The summed E-state index contributed by atoms with van der Waals surface area (Å²) in [7, 11) is 0. The fourth-order valence-corrected chi connectivity index (χ4v) is 3.31. The van der Waals surface area contributed by atoms with E-state index in [1.54, 1.807) is 5.41 Å². The average molecular weight is 405 g/mol. The van der Waals surface area contributed by atoms with Crippen LogP contribution < -0.4 is 5.32 Å². The molecular weight excluding hydrogens is 372 g/mol. The van der Waals surface area contributed by atoms with Gasteiger partial charge in [-0.3, -0.25) is 18.7 Å². The molecule has 0 saturated carbocycles. The first-order chi connectivity index (χ1) is 13.5. The van der Waals surface area contributed by atoms with Crippen molar-refractivity contribution in [2.24, 2.45) is 0 Å². The molecule has 0 bridgehead atoms. The van der Waals surface area contributed by atoms with E-state index in [1.807, 2.05) is 30.3 Å². The lowest BCUT2D eigenvalue weighted by atomic mass is 10.1. The largest absolute Gasteiger partial charge is 0.353 e. The highest BCUT2D eigenvalue weighted by Gasteiger charge is 2.15. The maximum atomic E-state index is 12.3. The normalized spacial score (nSPS) is 10.8. The molecule has 5 nitrogen and oxygen atoms in total. The van der Waals surface area contributed by atoms with Gasteiger partial charge in [0.15, 0.2) is 0 Å². The predicted molar refractivity (Wildman–Crippen MR) is 115 cm³/mol. The first kappa shape index (κ1) is 24.0. The van der Waals surface area contributed by atoms with Crippen LogP contribution in [0.15, 0.2) is 41.8 Å². The Hall–Kier alpha value is -2.08. The molecule has 0 unspecified atom stereocenters. The summed E-state index contributed by atoms with van der Waals surface area (Å²) in [4.78, 5) is 35.5. The lowest BCUT2D eigenvalue weighted by Gasteiger charge is -2.19. The van der Waals surface area contributed by atoms with E-state index in [0.717, 1.165) is 30.4 Å². The monoisotopic (exact) mass is 404 g/mol. The van der Waals surface area contributed by atoms with E-state index in [0.29, 0.717) is 13.1 Å². The van der Waals surface area contributed by atoms with Gasteiger partial charge in [-0.15, -0.1) is 0 Å². The summed E-state index contributed by atoms with van der Waals surface area (Å²) in [5.74, 6) is -0.609. The van der Waals surface area contributed by atoms with Crippen LogP contribution in [0.2, 0.25) is 0 Å². The van der Waals surface area contributed by atoms with Gasteiger partial charge in [0.05, 0.1) is 13.0 Å². The van der Waals surface area contributed by atoms with Crippen molar-refractivity contribution < 1.29 is 14.4 Å². The quantitative estimate of drug-likeness (QED) is 0.212. The maximum absolute atomic E-state index is 12.3. The fraction of sp³-hybridized carbons (Fsp3) is 0.500. The number of Topliss-reactive ketones (excluding diaryl/α,β-unsaturated/α-hetero) is 1. The van der Waals surface area contributed by atoms with E-state index in [4.69, 9.17) is 0 Å². The molecule has 1 aromatic carbocycles. The molecule has 0 heterocycles. The molecule has 1 N–H and O–H groups in total. The molecular formula is C22H32N2O3S. The Morgan fingerprint density at radius 3 is 2.39 bits per heavy atom. The van der Waals surface area contributed by atoms with E-state index in [-0.39, 0.29) is 24.0 Å². The van der Waals surface area contributed by atoms with Gasteiger partial charge in [0.25, 0.3) is 0 Å². The average Bonchev–Trinajstić information content (AvgIpc) is 2.66. The van der Waals surface area contributed by atoms with Crippen LogP contribution >= 0.6 is 11.9 Å². The SMILES string of the molecule is CCCCCCCCNC(=O)C=CSN(Cc1ccccc1)C(=O)CC(C)=O. The van der Waals surface area contributed by atoms with Crippen LogP contribution in [0.5, 0.6) is 0 Å². The summed E-state index contributed by atoms with van der Waals surface area (Å²) < 4.78 is 1.51. The van der Waals surface area contributed by atoms with Crippen LogP contribution in [0.1, 0.15) is 64.4 Å².